The molecule has 6 heteroatoms. The standard InChI is InChI=1S/C12H15BrFN3O/c1-8(18)16-10-2-4-17(5-3-10)12-11(14)6-9(13)7-15-12/h6-7,10H,2-5H2,1H3,(H,16,18). The van der Waals surface area contributed by atoms with Crippen LogP contribution in [0, 0.1) is 5.82 Å². The van der Waals surface area contributed by atoms with Crippen molar-refractivity contribution in [2.75, 3.05) is 18.0 Å². The number of carbonyl (C=O) groups is 1. The van der Waals surface area contributed by atoms with E-state index in [0.717, 1.165) is 12.8 Å². The van der Waals surface area contributed by atoms with Gasteiger partial charge in [0.2, 0.25) is 5.91 Å². The number of hydrogen-bond donors (Lipinski definition) is 1. The third-order valence-corrected chi connectivity index (χ3v) is 3.42. The van der Waals surface area contributed by atoms with Gasteiger partial charge in [-0.05, 0) is 34.8 Å². The van der Waals surface area contributed by atoms with Gasteiger partial charge in [-0.2, -0.15) is 0 Å². The summed E-state index contributed by atoms with van der Waals surface area (Å²) in [4.78, 5) is 17.0. The van der Waals surface area contributed by atoms with Gasteiger partial charge in [0.1, 0.15) is 0 Å². The van der Waals surface area contributed by atoms with E-state index in [1.807, 2.05) is 4.90 Å². The summed E-state index contributed by atoms with van der Waals surface area (Å²) in [6.07, 6.45) is 3.23. The lowest BCUT2D eigenvalue weighted by atomic mass is 10.1. The van der Waals surface area contributed by atoms with Crippen molar-refractivity contribution in [2.45, 2.75) is 25.8 Å². The van der Waals surface area contributed by atoms with Crippen LogP contribution in [0.3, 0.4) is 0 Å². The molecule has 1 aromatic rings. The van der Waals surface area contributed by atoms with Crippen molar-refractivity contribution in [3.05, 3.63) is 22.6 Å². The Morgan fingerprint density at radius 3 is 2.78 bits per heavy atom. The molecule has 0 radical (unpaired) electrons. The second-order valence-electron chi connectivity index (χ2n) is 4.42. The van der Waals surface area contributed by atoms with Crippen molar-refractivity contribution in [1.29, 1.82) is 0 Å². The van der Waals surface area contributed by atoms with Crippen molar-refractivity contribution in [3.63, 3.8) is 0 Å². The molecule has 4 nitrogen and oxygen atoms in total. The van der Waals surface area contributed by atoms with Crippen LogP contribution in [0.5, 0.6) is 0 Å². The quantitative estimate of drug-likeness (QED) is 0.909. The topological polar surface area (TPSA) is 45.2 Å². The molecular weight excluding hydrogens is 301 g/mol. The summed E-state index contributed by atoms with van der Waals surface area (Å²) < 4.78 is 14.4. The van der Waals surface area contributed by atoms with Crippen LogP contribution < -0.4 is 10.2 Å². The molecule has 1 aromatic heterocycles. The Bertz CT molecular complexity index is 447. The number of pyridine rings is 1. The largest absolute Gasteiger partial charge is 0.354 e. The van der Waals surface area contributed by atoms with Crippen molar-refractivity contribution in [2.24, 2.45) is 0 Å². The highest BCUT2D eigenvalue weighted by Crippen LogP contribution is 2.23. The van der Waals surface area contributed by atoms with Gasteiger partial charge in [-0.15, -0.1) is 0 Å². The van der Waals surface area contributed by atoms with E-state index in [0.29, 0.717) is 23.4 Å². The predicted octanol–water partition coefficient (Wildman–Crippen LogP) is 2.09. The Morgan fingerprint density at radius 2 is 2.22 bits per heavy atom. The first-order valence-corrected chi connectivity index (χ1v) is 6.68. The molecule has 1 saturated heterocycles. The second kappa shape index (κ2) is 5.65. The third kappa shape index (κ3) is 3.19. The van der Waals surface area contributed by atoms with Crippen LogP contribution in [0.1, 0.15) is 19.8 Å². The van der Waals surface area contributed by atoms with E-state index < -0.39 is 0 Å². The van der Waals surface area contributed by atoms with Crippen LogP contribution in [0.15, 0.2) is 16.7 Å². The summed E-state index contributed by atoms with van der Waals surface area (Å²) in [5, 5.41) is 2.89. The van der Waals surface area contributed by atoms with Gasteiger partial charge in [0.15, 0.2) is 11.6 Å². The Kier molecular flexibility index (Phi) is 4.16. The maximum atomic E-state index is 13.7. The van der Waals surface area contributed by atoms with E-state index in [4.69, 9.17) is 0 Å². The summed E-state index contributed by atoms with van der Waals surface area (Å²) in [6.45, 7) is 2.93. The summed E-state index contributed by atoms with van der Waals surface area (Å²) in [6, 6.07) is 1.61. The van der Waals surface area contributed by atoms with Gasteiger partial charge in [0.25, 0.3) is 0 Å². The molecule has 0 unspecified atom stereocenters. The summed E-state index contributed by atoms with van der Waals surface area (Å²) >= 11 is 3.19. The van der Waals surface area contributed by atoms with Gasteiger partial charge in [-0.3, -0.25) is 4.79 Å². The second-order valence-corrected chi connectivity index (χ2v) is 5.34. The molecule has 1 amide bonds. The lowest BCUT2D eigenvalue weighted by Crippen LogP contribution is -2.44. The first kappa shape index (κ1) is 13.3. The minimum absolute atomic E-state index is 0.0126. The number of piperidine rings is 1. The monoisotopic (exact) mass is 315 g/mol. The minimum Gasteiger partial charge on any atom is -0.354 e. The van der Waals surface area contributed by atoms with E-state index in [-0.39, 0.29) is 17.8 Å². The van der Waals surface area contributed by atoms with Crippen LogP contribution in [0.4, 0.5) is 10.2 Å². The lowest BCUT2D eigenvalue weighted by Gasteiger charge is -2.33. The highest BCUT2D eigenvalue weighted by molar-refractivity contribution is 9.10. The maximum absolute atomic E-state index is 13.7. The molecule has 0 spiro atoms. The smallest absolute Gasteiger partial charge is 0.217 e. The van der Waals surface area contributed by atoms with Crippen molar-refractivity contribution in [3.8, 4) is 0 Å². The van der Waals surface area contributed by atoms with E-state index in [1.165, 1.54) is 13.0 Å². The number of halogens is 2. The fourth-order valence-electron chi connectivity index (χ4n) is 2.16. The van der Waals surface area contributed by atoms with Crippen LogP contribution in [-0.2, 0) is 4.79 Å². The normalized spacial score (nSPS) is 16.7. The fourth-order valence-corrected chi connectivity index (χ4v) is 2.47. The van der Waals surface area contributed by atoms with Crippen molar-refractivity contribution >= 4 is 27.7 Å². The predicted molar refractivity (Wildman–Crippen MR) is 70.9 cm³/mol. The highest BCUT2D eigenvalue weighted by atomic mass is 79.9. The van der Waals surface area contributed by atoms with Crippen LogP contribution >= 0.6 is 15.9 Å². The average molecular weight is 316 g/mol. The fraction of sp³-hybridized carbons (Fsp3) is 0.500. The van der Waals surface area contributed by atoms with Crippen LogP contribution in [0.25, 0.3) is 0 Å². The number of rotatable bonds is 2. The highest BCUT2D eigenvalue weighted by Gasteiger charge is 2.22. The third-order valence-electron chi connectivity index (χ3n) is 2.99. The van der Waals surface area contributed by atoms with Gasteiger partial charge in [-0.1, -0.05) is 0 Å². The molecule has 1 aliphatic rings. The number of nitrogens with one attached hydrogen (secondary N) is 1. The molecule has 0 bridgehead atoms. The number of carbonyl (C=O) groups excluding carboxylic acids is 1. The molecule has 0 aliphatic carbocycles. The van der Waals surface area contributed by atoms with Crippen LogP contribution in [0.2, 0.25) is 0 Å². The van der Waals surface area contributed by atoms with Gasteiger partial charge >= 0.3 is 0 Å². The molecule has 18 heavy (non-hydrogen) atoms. The maximum Gasteiger partial charge on any atom is 0.217 e. The van der Waals surface area contributed by atoms with Gasteiger partial charge in [0.05, 0.1) is 0 Å². The van der Waals surface area contributed by atoms with Gasteiger partial charge in [-0.25, -0.2) is 9.37 Å². The van der Waals surface area contributed by atoms with E-state index >= 15 is 0 Å². The zero-order chi connectivity index (χ0) is 13.1. The average Bonchev–Trinajstić information content (AvgIpc) is 2.30. The molecule has 1 N–H and O–H groups in total. The van der Waals surface area contributed by atoms with Crippen LogP contribution in [-0.4, -0.2) is 30.0 Å². The molecule has 0 saturated carbocycles. The Hall–Kier alpha value is -1.17. The molecule has 98 valence electrons. The molecule has 0 aromatic carbocycles. The Labute approximate surface area is 114 Å². The zero-order valence-electron chi connectivity index (χ0n) is 10.1. The number of aromatic nitrogens is 1. The first-order valence-electron chi connectivity index (χ1n) is 5.89. The van der Waals surface area contributed by atoms with Gasteiger partial charge in [0, 0.05) is 36.7 Å². The molecule has 1 aliphatic heterocycles. The van der Waals surface area contributed by atoms with Crippen molar-refractivity contribution < 1.29 is 9.18 Å². The molecule has 2 rings (SSSR count). The van der Waals surface area contributed by atoms with E-state index in [2.05, 4.69) is 26.2 Å². The molecule has 0 atom stereocenters. The molecular formula is C12H15BrFN3O. The van der Waals surface area contributed by atoms with E-state index in [9.17, 15) is 9.18 Å². The zero-order valence-corrected chi connectivity index (χ0v) is 11.7. The minimum atomic E-state index is -0.317. The summed E-state index contributed by atoms with van der Waals surface area (Å²) in [7, 11) is 0. The summed E-state index contributed by atoms with van der Waals surface area (Å²) in [5.74, 6) is 0.0585. The number of amides is 1. The molecule has 2 heterocycles. The molecule has 1 fully saturated rings. The first-order chi connectivity index (χ1) is 8.56. The number of hydrogen-bond acceptors (Lipinski definition) is 3. The van der Waals surface area contributed by atoms with Gasteiger partial charge < -0.3 is 10.2 Å². The Morgan fingerprint density at radius 1 is 1.56 bits per heavy atom. The number of nitrogens with zero attached hydrogens (tertiary/aromatic N) is 2. The van der Waals surface area contributed by atoms with E-state index in [1.54, 1.807) is 6.20 Å². The number of anilines is 1. The Balaban J connectivity index is 1.99. The lowest BCUT2D eigenvalue weighted by molar-refractivity contribution is -0.119. The van der Waals surface area contributed by atoms with Crippen molar-refractivity contribution in [1.82, 2.24) is 10.3 Å². The summed E-state index contributed by atoms with van der Waals surface area (Å²) in [5.41, 5.74) is 0. The SMILES string of the molecule is CC(=O)NC1CCN(c2ncc(Br)cc2F)CC1.